The van der Waals surface area contributed by atoms with Crippen molar-refractivity contribution in [2.45, 2.75) is 25.3 Å². The SMILES string of the molecule is NCC(c1cc2ccccc2o1)N1CC2CCCC2C1. The average Bonchev–Trinajstić information content (AvgIpc) is 3.12. The van der Waals surface area contributed by atoms with Gasteiger partial charge in [-0.15, -0.1) is 0 Å². The van der Waals surface area contributed by atoms with E-state index in [0.29, 0.717) is 6.54 Å². The Kier molecular flexibility index (Phi) is 3.04. The first-order valence-corrected chi connectivity index (χ1v) is 7.78. The number of benzene rings is 1. The Morgan fingerprint density at radius 1 is 1.20 bits per heavy atom. The molecule has 1 aliphatic carbocycles. The number of hydrogen-bond donors (Lipinski definition) is 1. The molecule has 20 heavy (non-hydrogen) atoms. The van der Waals surface area contributed by atoms with E-state index in [1.54, 1.807) is 0 Å². The Bertz CT molecular complexity index is 561. The van der Waals surface area contributed by atoms with Gasteiger partial charge in [-0.1, -0.05) is 24.6 Å². The monoisotopic (exact) mass is 270 g/mol. The lowest BCUT2D eigenvalue weighted by Crippen LogP contribution is -2.32. The van der Waals surface area contributed by atoms with Gasteiger partial charge in [0.05, 0.1) is 6.04 Å². The van der Waals surface area contributed by atoms with Gasteiger partial charge in [0.1, 0.15) is 11.3 Å². The van der Waals surface area contributed by atoms with E-state index in [4.69, 9.17) is 10.2 Å². The van der Waals surface area contributed by atoms with E-state index >= 15 is 0 Å². The van der Waals surface area contributed by atoms with E-state index in [1.165, 1.54) is 37.7 Å². The van der Waals surface area contributed by atoms with Crippen molar-refractivity contribution >= 4 is 11.0 Å². The maximum atomic E-state index is 6.06. The highest BCUT2D eigenvalue weighted by Gasteiger charge is 2.39. The predicted molar refractivity (Wildman–Crippen MR) is 80.4 cm³/mol. The van der Waals surface area contributed by atoms with E-state index in [-0.39, 0.29) is 6.04 Å². The van der Waals surface area contributed by atoms with Gasteiger partial charge in [-0.05, 0) is 36.8 Å². The average molecular weight is 270 g/mol. The highest BCUT2D eigenvalue weighted by atomic mass is 16.3. The number of fused-ring (bicyclic) bond motifs is 2. The molecule has 3 unspecified atom stereocenters. The molecule has 4 rings (SSSR count). The van der Waals surface area contributed by atoms with Crippen LogP contribution in [-0.4, -0.2) is 24.5 Å². The van der Waals surface area contributed by atoms with E-state index in [2.05, 4.69) is 23.1 Å². The van der Waals surface area contributed by atoms with Crippen molar-refractivity contribution in [1.82, 2.24) is 4.90 Å². The minimum atomic E-state index is 0.244. The molecule has 1 aliphatic heterocycles. The number of nitrogens with zero attached hydrogens (tertiary/aromatic N) is 1. The highest BCUT2D eigenvalue weighted by molar-refractivity contribution is 5.77. The Morgan fingerprint density at radius 2 is 1.95 bits per heavy atom. The first-order valence-electron chi connectivity index (χ1n) is 7.78. The van der Waals surface area contributed by atoms with E-state index in [1.807, 2.05) is 12.1 Å². The number of para-hydroxylation sites is 1. The molecule has 2 fully saturated rings. The quantitative estimate of drug-likeness (QED) is 0.931. The maximum absolute atomic E-state index is 6.06. The first-order chi connectivity index (χ1) is 9.85. The molecule has 1 saturated carbocycles. The van der Waals surface area contributed by atoms with Gasteiger partial charge in [-0.25, -0.2) is 0 Å². The van der Waals surface area contributed by atoms with Crippen LogP contribution in [0.5, 0.6) is 0 Å². The molecule has 2 N–H and O–H groups in total. The van der Waals surface area contributed by atoms with Crippen molar-refractivity contribution in [3.8, 4) is 0 Å². The molecule has 3 atom stereocenters. The first kappa shape index (κ1) is 12.4. The van der Waals surface area contributed by atoms with Gasteiger partial charge in [0.15, 0.2) is 0 Å². The summed E-state index contributed by atoms with van der Waals surface area (Å²) in [5.74, 6) is 2.83. The zero-order chi connectivity index (χ0) is 13.5. The lowest BCUT2D eigenvalue weighted by Gasteiger charge is -2.25. The van der Waals surface area contributed by atoms with E-state index in [0.717, 1.165) is 23.2 Å². The Hall–Kier alpha value is -1.32. The summed E-state index contributed by atoms with van der Waals surface area (Å²) < 4.78 is 6.03. The van der Waals surface area contributed by atoms with E-state index < -0.39 is 0 Å². The van der Waals surface area contributed by atoms with Crippen LogP contribution >= 0.6 is 0 Å². The number of likely N-dealkylation sites (tertiary alicyclic amines) is 1. The molecule has 1 aromatic heterocycles. The van der Waals surface area contributed by atoms with Crippen LogP contribution < -0.4 is 5.73 Å². The van der Waals surface area contributed by atoms with Gasteiger partial charge >= 0.3 is 0 Å². The summed E-state index contributed by atoms with van der Waals surface area (Å²) in [6, 6.07) is 10.6. The topological polar surface area (TPSA) is 42.4 Å². The van der Waals surface area contributed by atoms with Crippen LogP contribution in [0.1, 0.15) is 31.1 Å². The standard InChI is InChI=1S/C17H22N2O/c18-9-15(19-10-13-5-3-6-14(13)11-19)17-8-12-4-1-2-7-16(12)20-17/h1-2,4,7-8,13-15H,3,5-6,9-11,18H2. The van der Waals surface area contributed by atoms with Crippen molar-refractivity contribution < 1.29 is 4.42 Å². The molecule has 3 heteroatoms. The summed E-state index contributed by atoms with van der Waals surface area (Å²) in [4.78, 5) is 2.55. The predicted octanol–water partition coefficient (Wildman–Crippen LogP) is 3.16. The molecular formula is C17H22N2O. The van der Waals surface area contributed by atoms with Crippen LogP contribution in [0.25, 0.3) is 11.0 Å². The van der Waals surface area contributed by atoms with Gasteiger partial charge in [0.2, 0.25) is 0 Å². The molecule has 1 saturated heterocycles. The molecule has 106 valence electrons. The Balaban J connectivity index is 1.61. The third kappa shape index (κ3) is 1.97. The molecule has 1 aromatic carbocycles. The van der Waals surface area contributed by atoms with Crippen molar-refractivity contribution in [2.24, 2.45) is 17.6 Å². The van der Waals surface area contributed by atoms with Crippen LogP contribution in [0.2, 0.25) is 0 Å². The van der Waals surface area contributed by atoms with Gasteiger partial charge in [0.25, 0.3) is 0 Å². The summed E-state index contributed by atoms with van der Waals surface area (Å²) in [6.07, 6.45) is 4.22. The molecule has 2 aliphatic rings. The molecule has 3 nitrogen and oxygen atoms in total. The summed E-state index contributed by atoms with van der Waals surface area (Å²) in [6.45, 7) is 3.03. The van der Waals surface area contributed by atoms with Crippen molar-refractivity contribution in [3.63, 3.8) is 0 Å². The molecule has 2 aromatic rings. The summed E-state index contributed by atoms with van der Waals surface area (Å²) in [5, 5.41) is 1.18. The lowest BCUT2D eigenvalue weighted by molar-refractivity contribution is 0.208. The van der Waals surface area contributed by atoms with E-state index in [9.17, 15) is 0 Å². The Morgan fingerprint density at radius 3 is 2.65 bits per heavy atom. The van der Waals surface area contributed by atoms with Gasteiger partial charge in [0, 0.05) is 25.0 Å². The largest absolute Gasteiger partial charge is 0.459 e. The summed E-state index contributed by atoms with van der Waals surface area (Å²) >= 11 is 0. The third-order valence-electron chi connectivity index (χ3n) is 5.19. The fraction of sp³-hybridized carbons (Fsp3) is 0.529. The minimum absolute atomic E-state index is 0.244. The van der Waals surface area contributed by atoms with Gasteiger partial charge in [-0.2, -0.15) is 0 Å². The zero-order valence-corrected chi connectivity index (χ0v) is 11.8. The van der Waals surface area contributed by atoms with Crippen molar-refractivity contribution in [3.05, 3.63) is 36.1 Å². The highest BCUT2D eigenvalue weighted by Crippen LogP contribution is 2.41. The van der Waals surface area contributed by atoms with Crippen LogP contribution in [0.3, 0.4) is 0 Å². The molecule has 2 heterocycles. The van der Waals surface area contributed by atoms with Crippen molar-refractivity contribution in [1.29, 1.82) is 0 Å². The smallest absolute Gasteiger partial charge is 0.134 e. The van der Waals surface area contributed by atoms with Crippen LogP contribution in [0.4, 0.5) is 0 Å². The number of furan rings is 1. The van der Waals surface area contributed by atoms with Gasteiger partial charge in [-0.3, -0.25) is 4.90 Å². The molecule has 0 amide bonds. The Labute approximate surface area is 119 Å². The number of nitrogens with two attached hydrogens (primary N) is 1. The second-order valence-electron chi connectivity index (χ2n) is 6.34. The molecule has 0 spiro atoms. The molecular weight excluding hydrogens is 248 g/mol. The fourth-order valence-electron chi connectivity index (χ4n) is 4.14. The fourth-order valence-corrected chi connectivity index (χ4v) is 4.14. The third-order valence-corrected chi connectivity index (χ3v) is 5.19. The molecule has 0 bridgehead atoms. The number of rotatable bonds is 3. The summed E-state index contributed by atoms with van der Waals surface area (Å²) in [7, 11) is 0. The van der Waals surface area contributed by atoms with Gasteiger partial charge < -0.3 is 10.2 Å². The summed E-state index contributed by atoms with van der Waals surface area (Å²) in [5.41, 5.74) is 7.03. The van der Waals surface area contributed by atoms with Crippen LogP contribution in [-0.2, 0) is 0 Å². The van der Waals surface area contributed by atoms with Crippen LogP contribution in [0.15, 0.2) is 34.7 Å². The minimum Gasteiger partial charge on any atom is -0.459 e. The number of hydrogen-bond acceptors (Lipinski definition) is 3. The molecule has 0 radical (unpaired) electrons. The second-order valence-corrected chi connectivity index (χ2v) is 6.34. The lowest BCUT2D eigenvalue weighted by atomic mass is 10.0. The van der Waals surface area contributed by atoms with Crippen molar-refractivity contribution in [2.75, 3.05) is 19.6 Å². The second kappa shape index (κ2) is 4.90. The zero-order valence-electron chi connectivity index (χ0n) is 11.8. The normalized spacial score (nSPS) is 28.1. The maximum Gasteiger partial charge on any atom is 0.134 e. The van der Waals surface area contributed by atoms with Crippen LogP contribution in [0, 0.1) is 11.8 Å².